The van der Waals surface area contributed by atoms with Crippen LogP contribution < -0.4 is 0 Å². The van der Waals surface area contributed by atoms with Crippen molar-refractivity contribution < 1.29 is 0 Å². The second kappa shape index (κ2) is 20.3. The summed E-state index contributed by atoms with van der Waals surface area (Å²) in [6, 6.07) is 51.7. The van der Waals surface area contributed by atoms with Crippen molar-refractivity contribution in [2.24, 2.45) is 0 Å². The quantitative estimate of drug-likeness (QED) is 0.156. The van der Waals surface area contributed by atoms with Crippen LogP contribution in [0.15, 0.2) is 127 Å². The van der Waals surface area contributed by atoms with Gasteiger partial charge in [0.15, 0.2) is 0 Å². The van der Waals surface area contributed by atoms with E-state index in [9.17, 15) is 0 Å². The van der Waals surface area contributed by atoms with Gasteiger partial charge in [-0.15, -0.1) is 0 Å². The average molecular weight is 1040 g/mol. The van der Waals surface area contributed by atoms with Crippen molar-refractivity contribution in [2.75, 3.05) is 0 Å². The zero-order valence-electron chi connectivity index (χ0n) is 54.1. The van der Waals surface area contributed by atoms with Gasteiger partial charge in [-0.05, 0) is 202 Å². The highest BCUT2D eigenvalue weighted by atomic mass is 14.3. The van der Waals surface area contributed by atoms with Crippen molar-refractivity contribution in [2.45, 2.75) is 236 Å². The Hall–Kier alpha value is -5.46. The molecule has 414 valence electrons. The molecule has 7 aromatic carbocycles. The van der Waals surface area contributed by atoms with E-state index in [1.54, 1.807) is 0 Å². The summed E-state index contributed by atoms with van der Waals surface area (Å²) >= 11 is 0. The molecule has 0 radical (unpaired) electrons. The normalized spacial score (nSPS) is 13.6. The Morgan fingerprint density at radius 3 is 0.474 bits per heavy atom. The van der Waals surface area contributed by atoms with E-state index in [-0.39, 0.29) is 48.7 Å². The predicted molar refractivity (Wildman–Crippen MR) is 347 cm³/mol. The van der Waals surface area contributed by atoms with E-state index in [1.165, 1.54) is 117 Å². The highest BCUT2D eigenvalue weighted by molar-refractivity contribution is 5.89. The first-order valence-corrected chi connectivity index (χ1v) is 29.4. The Balaban J connectivity index is 1.63. The Morgan fingerprint density at radius 2 is 0.321 bits per heavy atom. The number of rotatable bonds is 6. The third-order valence-corrected chi connectivity index (χ3v) is 16.3. The van der Waals surface area contributed by atoms with E-state index in [2.05, 4.69) is 314 Å². The fourth-order valence-corrected chi connectivity index (χ4v) is 10.7. The van der Waals surface area contributed by atoms with Crippen LogP contribution in [0.2, 0.25) is 0 Å². The molecule has 7 rings (SSSR count). The smallest absolute Gasteiger partial charge is 0.0120 e. The summed E-state index contributed by atoms with van der Waals surface area (Å²) < 4.78 is 0. The molecule has 0 saturated heterocycles. The van der Waals surface area contributed by atoms with Gasteiger partial charge in [0.05, 0.1) is 0 Å². The van der Waals surface area contributed by atoms with E-state index in [4.69, 9.17) is 0 Å². The second-order valence-electron chi connectivity index (χ2n) is 32.8. The van der Waals surface area contributed by atoms with E-state index in [0.29, 0.717) is 0 Å². The van der Waals surface area contributed by atoms with Gasteiger partial charge in [0, 0.05) is 0 Å². The standard InChI is InChI=1S/C78H102/c1-70(2,3)59-37-53(38-60(45-59)71(4,5)6)49-31-50(54-39-61(72(7,8)9)46-62(40-54)73(10,11)12)34-57(33-49)67-29-28-30-68(69(67)78(25,26)27)58-35-51(55-41-63(74(13,14)15)47-64(42-55)75(16,17)18)32-52(36-58)56-43-65(76(19,20)21)48-66(44-56)77(22,23)24/h28-48H,1-27H3. The van der Waals surface area contributed by atoms with Gasteiger partial charge in [-0.3, -0.25) is 0 Å². The Morgan fingerprint density at radius 1 is 0.167 bits per heavy atom. The van der Waals surface area contributed by atoms with Crippen molar-refractivity contribution in [3.05, 3.63) is 177 Å². The summed E-state index contributed by atoms with van der Waals surface area (Å²) in [5, 5.41) is 0. The highest BCUT2D eigenvalue weighted by Crippen LogP contribution is 2.47. The van der Waals surface area contributed by atoms with Gasteiger partial charge in [-0.2, -0.15) is 0 Å². The topological polar surface area (TPSA) is 0 Å². The van der Waals surface area contributed by atoms with Gasteiger partial charge < -0.3 is 0 Å². The molecular formula is C78H102. The van der Waals surface area contributed by atoms with Gasteiger partial charge >= 0.3 is 0 Å². The largest absolute Gasteiger partial charge is 0.0610 e. The van der Waals surface area contributed by atoms with Crippen LogP contribution in [0.4, 0.5) is 0 Å². The first kappa shape index (κ1) is 60.2. The molecule has 0 heteroatoms. The first-order valence-electron chi connectivity index (χ1n) is 29.4. The Labute approximate surface area is 477 Å². The van der Waals surface area contributed by atoms with Crippen LogP contribution in [0.5, 0.6) is 0 Å². The van der Waals surface area contributed by atoms with Crippen LogP contribution in [0.1, 0.15) is 237 Å². The summed E-state index contributed by atoms with van der Waals surface area (Å²) in [5.41, 5.74) is 26.9. The first-order chi connectivity index (χ1) is 35.3. The molecule has 0 saturated carbocycles. The lowest BCUT2D eigenvalue weighted by atomic mass is 9.75. The third kappa shape index (κ3) is 13.6. The fourth-order valence-electron chi connectivity index (χ4n) is 10.7. The summed E-state index contributed by atoms with van der Waals surface area (Å²) in [6.07, 6.45) is 0. The lowest BCUT2D eigenvalue weighted by molar-refractivity contribution is 0.568. The van der Waals surface area contributed by atoms with Crippen molar-refractivity contribution in [3.63, 3.8) is 0 Å². The summed E-state index contributed by atoms with van der Waals surface area (Å²) in [6.45, 7) is 63.7. The molecule has 0 N–H and O–H groups in total. The molecule has 0 aliphatic heterocycles. The van der Waals surface area contributed by atoms with E-state index in [0.717, 1.165) is 0 Å². The second-order valence-corrected chi connectivity index (χ2v) is 32.8. The van der Waals surface area contributed by atoms with Crippen LogP contribution in [-0.4, -0.2) is 0 Å². The highest BCUT2D eigenvalue weighted by Gasteiger charge is 2.29. The monoisotopic (exact) mass is 1040 g/mol. The SMILES string of the molecule is CC(C)(C)c1cc(-c2cc(-c3cc(C(C)(C)C)cc(C(C)(C)C)c3)cc(-c3cccc(-c4cc(-c5cc(C(C)(C)C)cc(C(C)(C)C)c5)cc(-c5cc(C(C)(C)C)cc(C(C)(C)C)c5)c4)c3C(C)(C)C)c2)cc(C(C)(C)C)c1. The summed E-state index contributed by atoms with van der Waals surface area (Å²) in [7, 11) is 0. The number of hydrogen-bond donors (Lipinski definition) is 0. The molecule has 0 spiro atoms. The van der Waals surface area contributed by atoms with E-state index < -0.39 is 0 Å². The number of hydrogen-bond acceptors (Lipinski definition) is 0. The molecule has 0 atom stereocenters. The predicted octanol–water partition coefficient (Wildman–Crippen LogP) is 23.4. The molecule has 0 aliphatic carbocycles. The van der Waals surface area contributed by atoms with Crippen LogP contribution in [0.3, 0.4) is 0 Å². The molecule has 78 heavy (non-hydrogen) atoms. The minimum atomic E-state index is -0.230. The van der Waals surface area contributed by atoms with Gasteiger partial charge in [0.2, 0.25) is 0 Å². The molecule has 0 bridgehead atoms. The molecule has 0 fully saturated rings. The average Bonchev–Trinajstić information content (AvgIpc) is 3.31. The zero-order valence-corrected chi connectivity index (χ0v) is 54.1. The molecule has 0 heterocycles. The molecule has 0 amide bonds. The van der Waals surface area contributed by atoms with Gasteiger partial charge in [-0.25, -0.2) is 0 Å². The van der Waals surface area contributed by atoms with Crippen molar-refractivity contribution >= 4 is 0 Å². The molecule has 0 aromatic heterocycles. The van der Waals surface area contributed by atoms with Crippen molar-refractivity contribution in [1.29, 1.82) is 0 Å². The summed E-state index contributed by atoms with van der Waals surface area (Å²) in [5.74, 6) is 0. The minimum absolute atomic E-state index is 0.0228. The number of benzene rings is 7. The van der Waals surface area contributed by atoms with Crippen LogP contribution in [-0.2, 0) is 48.7 Å². The zero-order chi connectivity index (χ0) is 58.5. The fraction of sp³-hybridized carbons (Fsp3) is 0.462. The lowest BCUT2D eigenvalue weighted by Crippen LogP contribution is -2.17. The summed E-state index contributed by atoms with van der Waals surface area (Å²) in [4.78, 5) is 0. The van der Waals surface area contributed by atoms with Crippen LogP contribution >= 0.6 is 0 Å². The van der Waals surface area contributed by atoms with Crippen molar-refractivity contribution in [1.82, 2.24) is 0 Å². The van der Waals surface area contributed by atoms with Crippen LogP contribution in [0.25, 0.3) is 66.8 Å². The molecular weight excluding hydrogens is 937 g/mol. The van der Waals surface area contributed by atoms with Gasteiger partial charge in [-0.1, -0.05) is 278 Å². The van der Waals surface area contributed by atoms with Crippen molar-refractivity contribution in [3.8, 4) is 66.8 Å². The maximum atomic E-state index is 2.50. The minimum Gasteiger partial charge on any atom is -0.0610 e. The van der Waals surface area contributed by atoms with Crippen LogP contribution in [0, 0.1) is 0 Å². The Kier molecular flexibility index (Phi) is 15.6. The molecule has 0 nitrogen and oxygen atoms in total. The third-order valence-electron chi connectivity index (χ3n) is 16.3. The maximum absolute atomic E-state index is 2.50. The van der Waals surface area contributed by atoms with E-state index in [1.807, 2.05) is 0 Å². The Bertz CT molecular complexity index is 2810. The maximum Gasteiger partial charge on any atom is -0.0120 e. The van der Waals surface area contributed by atoms with Gasteiger partial charge in [0.25, 0.3) is 0 Å². The molecule has 0 aliphatic rings. The molecule has 0 unspecified atom stereocenters. The molecule has 7 aromatic rings. The lowest BCUT2D eigenvalue weighted by Gasteiger charge is -2.29. The van der Waals surface area contributed by atoms with Gasteiger partial charge in [0.1, 0.15) is 0 Å². The van der Waals surface area contributed by atoms with E-state index >= 15 is 0 Å².